The van der Waals surface area contributed by atoms with E-state index in [4.69, 9.17) is 9.47 Å². The summed E-state index contributed by atoms with van der Waals surface area (Å²) in [5.41, 5.74) is 0. The van der Waals surface area contributed by atoms with Crippen LogP contribution < -0.4 is 10.1 Å². The number of nitrogens with one attached hydrogen (secondary N) is 1. The number of benzene rings is 1. The zero-order valence-corrected chi connectivity index (χ0v) is 17.6. The van der Waals surface area contributed by atoms with Crippen molar-refractivity contribution < 1.29 is 32.6 Å². The molecular formula is C19H28N2O7S. The van der Waals surface area contributed by atoms with Gasteiger partial charge in [0.05, 0.1) is 25.2 Å². The number of carboxylic acids is 1. The highest BCUT2D eigenvalue weighted by Crippen LogP contribution is 2.22. The Morgan fingerprint density at radius 3 is 2.28 bits per heavy atom. The van der Waals surface area contributed by atoms with Crippen LogP contribution in [0.3, 0.4) is 0 Å². The summed E-state index contributed by atoms with van der Waals surface area (Å²) >= 11 is 0. The van der Waals surface area contributed by atoms with E-state index in [0.717, 1.165) is 0 Å². The van der Waals surface area contributed by atoms with E-state index in [1.54, 1.807) is 13.8 Å². The normalized spacial score (nSPS) is 17.0. The van der Waals surface area contributed by atoms with E-state index in [1.165, 1.54) is 36.3 Å². The van der Waals surface area contributed by atoms with Crippen LogP contribution in [0.1, 0.15) is 13.8 Å². The molecule has 1 aliphatic heterocycles. The van der Waals surface area contributed by atoms with Gasteiger partial charge in [-0.05, 0) is 30.2 Å². The lowest BCUT2D eigenvalue weighted by molar-refractivity contribution is -0.141. The van der Waals surface area contributed by atoms with Crippen LogP contribution in [0.2, 0.25) is 0 Å². The quantitative estimate of drug-likeness (QED) is 0.579. The third kappa shape index (κ3) is 5.68. The molecule has 0 spiro atoms. The Bertz CT molecular complexity index is 802. The predicted octanol–water partition coefficient (Wildman–Crippen LogP) is 0.395. The second-order valence-corrected chi connectivity index (χ2v) is 9.25. The average Bonchev–Trinajstić information content (AvgIpc) is 2.70. The van der Waals surface area contributed by atoms with Gasteiger partial charge in [-0.1, -0.05) is 13.8 Å². The first kappa shape index (κ1) is 23.1. The van der Waals surface area contributed by atoms with Crippen LogP contribution in [-0.4, -0.2) is 81.6 Å². The van der Waals surface area contributed by atoms with E-state index in [2.05, 4.69) is 5.32 Å². The minimum Gasteiger partial charge on any atom is -0.497 e. The first-order valence-corrected chi connectivity index (χ1v) is 10.9. The van der Waals surface area contributed by atoms with E-state index in [-0.39, 0.29) is 17.4 Å². The van der Waals surface area contributed by atoms with Gasteiger partial charge in [0.25, 0.3) is 0 Å². The molecule has 2 atom stereocenters. The first-order chi connectivity index (χ1) is 13.7. The average molecular weight is 429 g/mol. The molecule has 0 aliphatic carbocycles. The van der Waals surface area contributed by atoms with E-state index < -0.39 is 33.0 Å². The molecule has 1 amide bonds. The Labute approximate surface area is 170 Å². The predicted molar refractivity (Wildman–Crippen MR) is 106 cm³/mol. The van der Waals surface area contributed by atoms with Crippen LogP contribution in [-0.2, 0) is 24.2 Å². The van der Waals surface area contributed by atoms with E-state index in [1.807, 2.05) is 0 Å². The van der Waals surface area contributed by atoms with E-state index >= 15 is 0 Å². The standard InChI is InChI=1S/C19H28N2O7S/c1-13(2)17(19(23)24)20-12-16(18(22)21-8-10-28-11-9-21)29(25,26)15-6-4-14(27-3)5-7-15/h4-7,13,16-17,20H,8-12H2,1-3H3,(H,23,24)/t16?,17-/m1/s1. The molecule has 0 bridgehead atoms. The van der Waals surface area contributed by atoms with Crippen molar-refractivity contribution in [2.24, 2.45) is 5.92 Å². The summed E-state index contributed by atoms with van der Waals surface area (Å²) in [4.78, 5) is 26.0. The van der Waals surface area contributed by atoms with Gasteiger partial charge in [-0.15, -0.1) is 0 Å². The van der Waals surface area contributed by atoms with Crippen molar-refractivity contribution in [3.63, 3.8) is 0 Å². The Balaban J connectivity index is 2.33. The van der Waals surface area contributed by atoms with Gasteiger partial charge < -0.3 is 24.8 Å². The van der Waals surface area contributed by atoms with Crippen molar-refractivity contribution in [1.82, 2.24) is 10.2 Å². The molecule has 1 heterocycles. The maximum absolute atomic E-state index is 13.3. The van der Waals surface area contributed by atoms with Crippen LogP contribution >= 0.6 is 0 Å². The smallest absolute Gasteiger partial charge is 0.320 e. The minimum atomic E-state index is -4.06. The fourth-order valence-electron chi connectivity index (χ4n) is 3.09. The summed E-state index contributed by atoms with van der Waals surface area (Å²) in [6.45, 7) is 4.36. The fraction of sp³-hybridized carbons (Fsp3) is 0.579. The van der Waals surface area contributed by atoms with Gasteiger partial charge >= 0.3 is 5.97 Å². The van der Waals surface area contributed by atoms with Crippen molar-refractivity contribution >= 4 is 21.7 Å². The van der Waals surface area contributed by atoms with Crippen LogP contribution in [0.5, 0.6) is 5.75 Å². The van der Waals surface area contributed by atoms with Crippen molar-refractivity contribution in [3.05, 3.63) is 24.3 Å². The number of amides is 1. The van der Waals surface area contributed by atoms with Gasteiger partial charge in [-0.3, -0.25) is 9.59 Å². The monoisotopic (exact) mass is 428 g/mol. The number of ether oxygens (including phenoxy) is 2. The lowest BCUT2D eigenvalue weighted by atomic mass is 10.0. The van der Waals surface area contributed by atoms with Crippen LogP contribution in [0.15, 0.2) is 29.2 Å². The first-order valence-electron chi connectivity index (χ1n) is 9.39. The molecule has 2 rings (SSSR count). The number of hydrogen-bond acceptors (Lipinski definition) is 7. The third-order valence-electron chi connectivity index (χ3n) is 4.82. The van der Waals surface area contributed by atoms with Gasteiger partial charge in [-0.25, -0.2) is 8.42 Å². The van der Waals surface area contributed by atoms with Crippen molar-refractivity contribution in [2.45, 2.75) is 30.0 Å². The van der Waals surface area contributed by atoms with Gasteiger partial charge in [-0.2, -0.15) is 0 Å². The number of carbonyl (C=O) groups excluding carboxylic acids is 1. The molecule has 1 unspecified atom stereocenters. The van der Waals surface area contributed by atoms with Crippen LogP contribution in [0, 0.1) is 5.92 Å². The number of rotatable bonds is 9. The summed E-state index contributed by atoms with van der Waals surface area (Å²) in [5, 5.41) is 10.7. The lowest BCUT2D eigenvalue weighted by Gasteiger charge is -2.31. The summed E-state index contributed by atoms with van der Waals surface area (Å²) in [5.74, 6) is -1.46. The molecule has 10 heteroatoms. The number of morpholine rings is 1. The molecule has 1 aromatic rings. The molecule has 2 N–H and O–H groups in total. The molecule has 0 aromatic heterocycles. The molecule has 162 valence electrons. The second kappa shape index (κ2) is 10.0. The summed E-state index contributed by atoms with van der Waals surface area (Å²) in [6, 6.07) is 4.80. The van der Waals surface area contributed by atoms with Crippen molar-refractivity contribution in [2.75, 3.05) is 40.0 Å². The van der Waals surface area contributed by atoms with Gasteiger partial charge in [0.2, 0.25) is 5.91 Å². The molecule has 1 fully saturated rings. The Morgan fingerprint density at radius 2 is 1.79 bits per heavy atom. The Morgan fingerprint density at radius 1 is 1.21 bits per heavy atom. The molecule has 1 aromatic carbocycles. The molecular weight excluding hydrogens is 400 g/mol. The number of sulfone groups is 1. The van der Waals surface area contributed by atoms with Crippen LogP contribution in [0.4, 0.5) is 0 Å². The zero-order chi connectivity index (χ0) is 21.6. The molecule has 1 aliphatic rings. The second-order valence-electron chi connectivity index (χ2n) is 7.12. The molecule has 0 saturated carbocycles. The minimum absolute atomic E-state index is 0.0249. The molecule has 0 radical (unpaired) electrons. The highest BCUT2D eigenvalue weighted by Gasteiger charge is 2.38. The highest BCUT2D eigenvalue weighted by atomic mass is 32.2. The fourth-order valence-corrected chi connectivity index (χ4v) is 4.66. The van der Waals surface area contributed by atoms with Gasteiger partial charge in [0.1, 0.15) is 11.8 Å². The summed E-state index contributed by atoms with van der Waals surface area (Å²) in [7, 11) is -2.60. The van der Waals surface area contributed by atoms with Gasteiger partial charge in [0, 0.05) is 19.6 Å². The van der Waals surface area contributed by atoms with Gasteiger partial charge in [0.15, 0.2) is 15.1 Å². The number of aliphatic carboxylic acids is 1. The highest BCUT2D eigenvalue weighted by molar-refractivity contribution is 7.92. The number of carbonyl (C=O) groups is 2. The topological polar surface area (TPSA) is 122 Å². The molecule has 1 saturated heterocycles. The molecule has 29 heavy (non-hydrogen) atoms. The zero-order valence-electron chi connectivity index (χ0n) is 16.8. The number of nitrogens with zero attached hydrogens (tertiary/aromatic N) is 1. The summed E-state index contributed by atoms with van der Waals surface area (Å²) < 4.78 is 36.8. The SMILES string of the molecule is COc1ccc(S(=O)(=O)C(CN[C@@H](C(=O)O)C(C)C)C(=O)N2CCOCC2)cc1. The van der Waals surface area contributed by atoms with Crippen LogP contribution in [0.25, 0.3) is 0 Å². The lowest BCUT2D eigenvalue weighted by Crippen LogP contribution is -2.53. The van der Waals surface area contributed by atoms with E-state index in [9.17, 15) is 23.1 Å². The third-order valence-corrected chi connectivity index (χ3v) is 6.86. The van der Waals surface area contributed by atoms with Crippen molar-refractivity contribution in [3.8, 4) is 5.75 Å². The maximum atomic E-state index is 13.3. The Kier molecular flexibility index (Phi) is 8.00. The Hall–Kier alpha value is -2.17. The number of hydrogen-bond donors (Lipinski definition) is 2. The number of carboxylic acid groups (broad SMARTS) is 1. The number of methoxy groups -OCH3 is 1. The van der Waals surface area contributed by atoms with Crippen molar-refractivity contribution in [1.29, 1.82) is 0 Å². The maximum Gasteiger partial charge on any atom is 0.320 e. The largest absolute Gasteiger partial charge is 0.497 e. The summed E-state index contributed by atoms with van der Waals surface area (Å²) in [6.07, 6.45) is 0. The van der Waals surface area contributed by atoms with E-state index in [0.29, 0.717) is 32.1 Å². The molecule has 9 nitrogen and oxygen atoms in total.